The number of nitrogens with one attached hydrogen (secondary N) is 2. The van der Waals surface area contributed by atoms with Crippen molar-refractivity contribution in [3.8, 4) is 0 Å². The molecule has 6 heteroatoms. The third kappa shape index (κ3) is 5.74. The standard InChI is InChI=1S/C19H27N3O3/c23-18(14-25-13-15-9-10-15)22-11-5-4-8-17(22)12-20-19(24)21-16-6-2-1-3-7-16/h1-3,6-7,15,17H,4-5,8-14H2,(H2,20,21,24)/t17-/m1/s1. The lowest BCUT2D eigenvalue weighted by Crippen LogP contribution is -2.51. The first-order chi connectivity index (χ1) is 12.2. The Morgan fingerprint density at radius 1 is 1.12 bits per heavy atom. The van der Waals surface area contributed by atoms with E-state index in [0.29, 0.717) is 19.1 Å². The average Bonchev–Trinajstić information content (AvgIpc) is 3.45. The normalized spacial score (nSPS) is 20.2. The monoisotopic (exact) mass is 345 g/mol. The van der Waals surface area contributed by atoms with Crippen molar-refractivity contribution in [2.45, 2.75) is 38.1 Å². The molecule has 1 saturated carbocycles. The molecule has 1 aromatic carbocycles. The van der Waals surface area contributed by atoms with Crippen molar-refractivity contribution in [2.75, 3.05) is 31.6 Å². The van der Waals surface area contributed by atoms with Crippen LogP contribution in [0.1, 0.15) is 32.1 Å². The van der Waals surface area contributed by atoms with Gasteiger partial charge in [-0.2, -0.15) is 0 Å². The molecule has 2 fully saturated rings. The van der Waals surface area contributed by atoms with Crippen molar-refractivity contribution >= 4 is 17.6 Å². The number of piperidine rings is 1. The van der Waals surface area contributed by atoms with Gasteiger partial charge in [-0.05, 0) is 50.2 Å². The van der Waals surface area contributed by atoms with Crippen molar-refractivity contribution in [3.05, 3.63) is 30.3 Å². The molecule has 1 atom stereocenters. The molecule has 3 amide bonds. The molecule has 2 aliphatic rings. The van der Waals surface area contributed by atoms with E-state index in [-0.39, 0.29) is 24.6 Å². The molecule has 1 aromatic rings. The summed E-state index contributed by atoms with van der Waals surface area (Å²) >= 11 is 0. The summed E-state index contributed by atoms with van der Waals surface area (Å²) in [6.45, 7) is 2.07. The molecular weight excluding hydrogens is 318 g/mol. The van der Waals surface area contributed by atoms with E-state index in [0.717, 1.165) is 31.5 Å². The number of carbonyl (C=O) groups excluding carboxylic acids is 2. The molecule has 1 saturated heterocycles. The highest BCUT2D eigenvalue weighted by Gasteiger charge is 2.28. The molecule has 136 valence electrons. The van der Waals surface area contributed by atoms with Gasteiger partial charge < -0.3 is 20.3 Å². The molecule has 1 aliphatic heterocycles. The molecule has 0 spiro atoms. The number of hydrogen-bond donors (Lipinski definition) is 2. The van der Waals surface area contributed by atoms with Gasteiger partial charge in [0.1, 0.15) is 6.61 Å². The Kier molecular flexibility index (Phi) is 6.28. The third-order valence-electron chi connectivity index (χ3n) is 4.75. The fourth-order valence-electron chi connectivity index (χ4n) is 3.13. The summed E-state index contributed by atoms with van der Waals surface area (Å²) in [4.78, 5) is 26.3. The van der Waals surface area contributed by atoms with Gasteiger partial charge in [-0.25, -0.2) is 4.79 Å². The summed E-state index contributed by atoms with van der Waals surface area (Å²) in [6.07, 6.45) is 5.46. The molecule has 0 aromatic heterocycles. The van der Waals surface area contributed by atoms with Crippen LogP contribution in [0.5, 0.6) is 0 Å². The topological polar surface area (TPSA) is 70.7 Å². The second-order valence-electron chi connectivity index (χ2n) is 6.90. The van der Waals surface area contributed by atoms with Crippen molar-refractivity contribution in [1.29, 1.82) is 0 Å². The molecule has 0 bridgehead atoms. The maximum atomic E-state index is 12.4. The summed E-state index contributed by atoms with van der Waals surface area (Å²) in [5, 5.41) is 5.69. The lowest BCUT2D eigenvalue weighted by molar-refractivity contribution is -0.139. The van der Waals surface area contributed by atoms with Crippen LogP contribution in [-0.4, -0.2) is 49.2 Å². The Morgan fingerprint density at radius 3 is 2.68 bits per heavy atom. The third-order valence-corrected chi connectivity index (χ3v) is 4.75. The van der Waals surface area contributed by atoms with E-state index < -0.39 is 0 Å². The number of amides is 3. The summed E-state index contributed by atoms with van der Waals surface area (Å²) in [6, 6.07) is 9.14. The highest BCUT2D eigenvalue weighted by Crippen LogP contribution is 2.28. The van der Waals surface area contributed by atoms with Crippen LogP contribution in [0.3, 0.4) is 0 Å². The summed E-state index contributed by atoms with van der Waals surface area (Å²) in [5.41, 5.74) is 0.755. The Bertz CT molecular complexity index is 575. The minimum absolute atomic E-state index is 0.0376. The van der Waals surface area contributed by atoms with E-state index in [1.165, 1.54) is 12.8 Å². The average molecular weight is 345 g/mol. The molecule has 0 unspecified atom stereocenters. The molecule has 1 heterocycles. The van der Waals surface area contributed by atoms with Crippen LogP contribution in [0.15, 0.2) is 30.3 Å². The minimum atomic E-state index is -0.242. The van der Waals surface area contributed by atoms with E-state index in [1.54, 1.807) is 0 Å². The predicted octanol–water partition coefficient (Wildman–Crippen LogP) is 2.62. The number of likely N-dealkylation sites (tertiary alicyclic amines) is 1. The van der Waals surface area contributed by atoms with Crippen molar-refractivity contribution in [3.63, 3.8) is 0 Å². The van der Waals surface area contributed by atoms with E-state index >= 15 is 0 Å². The maximum absolute atomic E-state index is 12.4. The minimum Gasteiger partial charge on any atom is -0.371 e. The Labute approximate surface area is 148 Å². The van der Waals surface area contributed by atoms with Crippen LogP contribution in [-0.2, 0) is 9.53 Å². The number of ether oxygens (including phenoxy) is 1. The van der Waals surface area contributed by atoms with Crippen LogP contribution in [0.25, 0.3) is 0 Å². The van der Waals surface area contributed by atoms with Crippen molar-refractivity contribution in [2.24, 2.45) is 5.92 Å². The molecule has 6 nitrogen and oxygen atoms in total. The van der Waals surface area contributed by atoms with Crippen molar-refractivity contribution in [1.82, 2.24) is 10.2 Å². The fraction of sp³-hybridized carbons (Fsp3) is 0.579. The van der Waals surface area contributed by atoms with E-state index in [4.69, 9.17) is 4.74 Å². The largest absolute Gasteiger partial charge is 0.371 e. The number of para-hydroxylation sites is 1. The lowest BCUT2D eigenvalue weighted by atomic mass is 10.0. The van der Waals surface area contributed by atoms with E-state index in [2.05, 4.69) is 10.6 Å². The van der Waals surface area contributed by atoms with Crippen LogP contribution in [0.4, 0.5) is 10.5 Å². The number of anilines is 1. The SMILES string of the molecule is O=C(NC[C@H]1CCCCN1C(=O)COCC1CC1)Nc1ccccc1. The number of nitrogens with zero attached hydrogens (tertiary/aromatic N) is 1. The number of rotatable bonds is 7. The zero-order valence-electron chi connectivity index (χ0n) is 14.6. The van der Waals surface area contributed by atoms with Crippen molar-refractivity contribution < 1.29 is 14.3 Å². The zero-order chi connectivity index (χ0) is 17.5. The van der Waals surface area contributed by atoms with E-state index in [1.807, 2.05) is 35.2 Å². The van der Waals surface area contributed by atoms with Gasteiger partial charge in [0, 0.05) is 24.8 Å². The molecular formula is C19H27N3O3. The molecule has 1 aliphatic carbocycles. The molecule has 2 N–H and O–H groups in total. The highest BCUT2D eigenvalue weighted by molar-refractivity contribution is 5.89. The first kappa shape index (κ1) is 17.7. The molecule has 0 radical (unpaired) electrons. The summed E-state index contributed by atoms with van der Waals surface area (Å²) < 4.78 is 5.53. The number of carbonyl (C=O) groups is 2. The Morgan fingerprint density at radius 2 is 1.92 bits per heavy atom. The highest BCUT2D eigenvalue weighted by atomic mass is 16.5. The quantitative estimate of drug-likeness (QED) is 0.798. The van der Waals surface area contributed by atoms with Gasteiger partial charge in [-0.1, -0.05) is 18.2 Å². The van der Waals surface area contributed by atoms with Gasteiger partial charge in [0.15, 0.2) is 0 Å². The van der Waals surface area contributed by atoms with Crippen LogP contribution in [0, 0.1) is 5.92 Å². The molecule has 25 heavy (non-hydrogen) atoms. The van der Waals surface area contributed by atoms with E-state index in [9.17, 15) is 9.59 Å². The van der Waals surface area contributed by atoms with Crippen LogP contribution in [0.2, 0.25) is 0 Å². The predicted molar refractivity (Wildman–Crippen MR) is 96.4 cm³/mol. The number of benzene rings is 1. The summed E-state index contributed by atoms with van der Waals surface area (Å²) in [5.74, 6) is 0.698. The van der Waals surface area contributed by atoms with Gasteiger partial charge in [0.2, 0.25) is 5.91 Å². The van der Waals surface area contributed by atoms with Crippen LogP contribution < -0.4 is 10.6 Å². The number of urea groups is 1. The second kappa shape index (κ2) is 8.85. The first-order valence-corrected chi connectivity index (χ1v) is 9.19. The summed E-state index contributed by atoms with van der Waals surface area (Å²) in [7, 11) is 0. The second-order valence-corrected chi connectivity index (χ2v) is 6.90. The van der Waals surface area contributed by atoms with Crippen LogP contribution >= 0.6 is 0 Å². The lowest BCUT2D eigenvalue weighted by Gasteiger charge is -2.35. The fourth-order valence-corrected chi connectivity index (χ4v) is 3.13. The van der Waals surface area contributed by atoms with Gasteiger partial charge in [-0.15, -0.1) is 0 Å². The first-order valence-electron chi connectivity index (χ1n) is 9.19. The number of hydrogen-bond acceptors (Lipinski definition) is 3. The Hall–Kier alpha value is -2.08. The zero-order valence-corrected chi connectivity index (χ0v) is 14.6. The smallest absolute Gasteiger partial charge is 0.319 e. The Balaban J connectivity index is 1.43. The maximum Gasteiger partial charge on any atom is 0.319 e. The van der Waals surface area contributed by atoms with Gasteiger partial charge in [0.25, 0.3) is 0 Å². The van der Waals surface area contributed by atoms with Gasteiger partial charge in [-0.3, -0.25) is 4.79 Å². The van der Waals surface area contributed by atoms with Gasteiger partial charge in [0.05, 0.1) is 6.61 Å². The van der Waals surface area contributed by atoms with Gasteiger partial charge >= 0.3 is 6.03 Å². The molecule has 3 rings (SSSR count).